The van der Waals surface area contributed by atoms with Crippen LogP contribution in [0, 0.1) is 20.2 Å². The number of benzene rings is 1. The summed E-state index contributed by atoms with van der Waals surface area (Å²) in [6.07, 6.45) is 1.45. The van der Waals surface area contributed by atoms with E-state index in [9.17, 15) is 20.2 Å². The monoisotopic (exact) mass is 387 g/mol. The molecule has 0 fully saturated rings. The van der Waals surface area contributed by atoms with E-state index in [2.05, 4.69) is 21.2 Å². The van der Waals surface area contributed by atoms with Crippen LogP contribution in [0.2, 0.25) is 0 Å². The molecule has 0 bridgehead atoms. The van der Waals surface area contributed by atoms with Gasteiger partial charge in [-0.05, 0) is 24.3 Å². The van der Waals surface area contributed by atoms with Gasteiger partial charge in [0.1, 0.15) is 0 Å². The first-order valence-corrected chi connectivity index (χ1v) is 8.71. The molecule has 8 heteroatoms. The molecule has 0 atom stereocenters. The van der Waals surface area contributed by atoms with Crippen LogP contribution in [-0.2, 0) is 5.33 Å². The number of rotatable bonds is 8. The summed E-state index contributed by atoms with van der Waals surface area (Å²) in [5.74, 6) is -0.0536. The fourth-order valence-corrected chi connectivity index (χ4v) is 3.15. The molecule has 1 rings (SSSR count). The lowest BCUT2D eigenvalue weighted by Crippen LogP contribution is -2.20. The van der Waals surface area contributed by atoms with Crippen LogP contribution in [0.25, 0.3) is 0 Å². The molecule has 0 amide bonds. The average Bonchev–Trinajstić information content (AvgIpc) is 2.50. The van der Waals surface area contributed by atoms with Gasteiger partial charge in [-0.1, -0.05) is 43.6 Å². The minimum Gasteiger partial charge on any atom is -0.371 e. The number of nitro groups is 2. The minimum atomic E-state index is -0.554. The minimum absolute atomic E-state index is 0.00699. The number of anilines is 1. The summed E-state index contributed by atoms with van der Waals surface area (Å²) in [4.78, 5) is 22.0. The molecule has 7 nitrogen and oxygen atoms in total. The van der Waals surface area contributed by atoms with Crippen molar-refractivity contribution in [3.63, 3.8) is 0 Å². The maximum Gasteiger partial charge on any atom is 0.303 e. The summed E-state index contributed by atoms with van der Waals surface area (Å²) in [7, 11) is 0. The maximum atomic E-state index is 11.6. The Bertz CT molecular complexity index is 601. The molecule has 0 saturated heterocycles. The van der Waals surface area contributed by atoms with Gasteiger partial charge < -0.3 is 5.32 Å². The van der Waals surface area contributed by atoms with Gasteiger partial charge in [-0.15, -0.1) is 0 Å². The summed E-state index contributed by atoms with van der Waals surface area (Å²) < 4.78 is 0. The third kappa shape index (κ3) is 4.19. The van der Waals surface area contributed by atoms with Gasteiger partial charge in [0.25, 0.3) is 5.69 Å². The van der Waals surface area contributed by atoms with Gasteiger partial charge in [-0.25, -0.2) is 0 Å². The first-order chi connectivity index (χ1) is 10.8. The highest BCUT2D eigenvalue weighted by molar-refractivity contribution is 9.08. The van der Waals surface area contributed by atoms with Crippen LogP contribution in [0.15, 0.2) is 6.07 Å². The van der Waals surface area contributed by atoms with Crippen molar-refractivity contribution in [3.05, 3.63) is 37.4 Å². The normalized spacial score (nSPS) is 11.1. The Morgan fingerprint density at radius 1 is 1.17 bits per heavy atom. The molecule has 1 aromatic carbocycles. The topological polar surface area (TPSA) is 98.3 Å². The average molecular weight is 388 g/mol. The first-order valence-electron chi connectivity index (χ1n) is 7.59. The summed E-state index contributed by atoms with van der Waals surface area (Å²) in [5.41, 5.74) is 0.677. The van der Waals surface area contributed by atoms with E-state index in [-0.39, 0.29) is 34.4 Å². The predicted octanol–water partition coefficient (Wildman–Crippen LogP) is 5.12. The zero-order valence-corrected chi connectivity index (χ0v) is 15.3. The van der Waals surface area contributed by atoms with Crippen molar-refractivity contribution in [2.24, 2.45) is 0 Å². The van der Waals surface area contributed by atoms with Crippen LogP contribution in [0.1, 0.15) is 57.6 Å². The molecule has 0 aliphatic heterocycles. The van der Waals surface area contributed by atoms with Gasteiger partial charge in [0.15, 0.2) is 5.69 Å². The fourth-order valence-electron chi connectivity index (χ4n) is 2.56. The SMILES string of the molecule is CCC(CC)Nc1c([N+](=O)[O-])cc(C(C)C)c(CBr)c1[N+](=O)[O-]. The zero-order chi connectivity index (χ0) is 17.7. The lowest BCUT2D eigenvalue weighted by atomic mass is 9.94. The van der Waals surface area contributed by atoms with Crippen LogP contribution >= 0.6 is 15.9 Å². The molecule has 1 aromatic rings. The second-order valence-corrected chi connectivity index (χ2v) is 6.21. The van der Waals surface area contributed by atoms with Crippen LogP contribution in [-0.4, -0.2) is 15.9 Å². The molecule has 0 unspecified atom stereocenters. The summed E-state index contributed by atoms with van der Waals surface area (Å²) in [5, 5.41) is 26.4. The van der Waals surface area contributed by atoms with E-state index in [1.807, 2.05) is 27.7 Å². The van der Waals surface area contributed by atoms with E-state index in [1.54, 1.807) is 0 Å². The number of nitro benzene ring substituents is 2. The Morgan fingerprint density at radius 3 is 2.09 bits per heavy atom. The Kier molecular flexibility index (Phi) is 6.93. The molecule has 128 valence electrons. The highest BCUT2D eigenvalue weighted by Gasteiger charge is 2.33. The van der Waals surface area contributed by atoms with Crippen molar-refractivity contribution in [2.45, 2.75) is 57.8 Å². The molecule has 0 spiro atoms. The molecule has 0 aliphatic rings. The predicted molar refractivity (Wildman–Crippen MR) is 94.5 cm³/mol. The van der Waals surface area contributed by atoms with Crippen LogP contribution in [0.5, 0.6) is 0 Å². The van der Waals surface area contributed by atoms with Gasteiger partial charge in [-0.3, -0.25) is 20.2 Å². The number of hydrogen-bond acceptors (Lipinski definition) is 5. The molecular formula is C15H22BrN3O4. The molecule has 0 heterocycles. The van der Waals surface area contributed by atoms with Crippen molar-refractivity contribution in [2.75, 3.05) is 5.32 Å². The van der Waals surface area contributed by atoms with Crippen LogP contribution in [0.4, 0.5) is 17.1 Å². The lowest BCUT2D eigenvalue weighted by Gasteiger charge is -2.19. The van der Waals surface area contributed by atoms with Gasteiger partial charge in [0, 0.05) is 23.0 Å². The highest BCUT2D eigenvalue weighted by atomic mass is 79.9. The quantitative estimate of drug-likeness (QED) is 0.379. The Morgan fingerprint density at radius 2 is 1.74 bits per heavy atom. The van der Waals surface area contributed by atoms with Crippen molar-refractivity contribution in [3.8, 4) is 0 Å². The van der Waals surface area contributed by atoms with Gasteiger partial charge >= 0.3 is 5.69 Å². The van der Waals surface area contributed by atoms with Crippen LogP contribution < -0.4 is 5.32 Å². The molecule has 0 radical (unpaired) electrons. The molecule has 0 saturated carbocycles. The smallest absolute Gasteiger partial charge is 0.303 e. The molecule has 23 heavy (non-hydrogen) atoms. The Labute approximate surface area is 143 Å². The van der Waals surface area contributed by atoms with E-state index in [0.29, 0.717) is 11.1 Å². The summed E-state index contributed by atoms with van der Waals surface area (Å²) in [6, 6.07) is 1.40. The van der Waals surface area contributed by atoms with E-state index < -0.39 is 9.85 Å². The number of nitrogens with one attached hydrogen (secondary N) is 1. The second kappa shape index (κ2) is 8.24. The summed E-state index contributed by atoms with van der Waals surface area (Å²) >= 11 is 3.29. The highest BCUT2D eigenvalue weighted by Crippen LogP contribution is 2.43. The van der Waals surface area contributed by atoms with Crippen molar-refractivity contribution >= 4 is 33.0 Å². The largest absolute Gasteiger partial charge is 0.371 e. The molecular weight excluding hydrogens is 366 g/mol. The first kappa shape index (κ1) is 19.3. The van der Waals surface area contributed by atoms with Gasteiger partial charge in [0.05, 0.1) is 9.85 Å². The Balaban J connectivity index is 3.74. The number of halogens is 1. The summed E-state index contributed by atoms with van der Waals surface area (Å²) in [6.45, 7) is 7.60. The van der Waals surface area contributed by atoms with Gasteiger partial charge in [-0.2, -0.15) is 0 Å². The lowest BCUT2D eigenvalue weighted by molar-refractivity contribution is -0.392. The van der Waals surface area contributed by atoms with E-state index in [4.69, 9.17) is 0 Å². The number of hydrogen-bond donors (Lipinski definition) is 1. The number of nitrogens with zero attached hydrogens (tertiary/aromatic N) is 2. The van der Waals surface area contributed by atoms with Crippen molar-refractivity contribution < 1.29 is 9.85 Å². The molecule has 0 aliphatic carbocycles. The van der Waals surface area contributed by atoms with Gasteiger partial charge in [0.2, 0.25) is 0 Å². The maximum absolute atomic E-state index is 11.6. The standard InChI is InChI=1S/C15H22BrN3O4/c1-5-10(6-2)17-14-13(18(20)21)7-11(9(3)4)12(8-16)15(14)19(22)23/h7,9-10,17H,5-6,8H2,1-4H3. The van der Waals surface area contributed by atoms with E-state index in [1.165, 1.54) is 6.07 Å². The fraction of sp³-hybridized carbons (Fsp3) is 0.600. The van der Waals surface area contributed by atoms with E-state index >= 15 is 0 Å². The third-order valence-corrected chi connectivity index (χ3v) is 4.45. The van der Waals surface area contributed by atoms with Crippen molar-refractivity contribution in [1.82, 2.24) is 0 Å². The second-order valence-electron chi connectivity index (χ2n) is 5.65. The zero-order valence-electron chi connectivity index (χ0n) is 13.8. The number of alkyl halides is 1. The molecule has 1 N–H and O–H groups in total. The van der Waals surface area contributed by atoms with Crippen LogP contribution in [0.3, 0.4) is 0 Å². The van der Waals surface area contributed by atoms with Crippen molar-refractivity contribution in [1.29, 1.82) is 0 Å². The Hall–Kier alpha value is -1.70. The molecule has 0 aromatic heterocycles. The third-order valence-electron chi connectivity index (χ3n) is 3.89. The van der Waals surface area contributed by atoms with E-state index in [0.717, 1.165) is 12.8 Å².